The summed E-state index contributed by atoms with van der Waals surface area (Å²) in [7, 11) is 0. The van der Waals surface area contributed by atoms with Crippen molar-refractivity contribution >= 4 is 0 Å². The van der Waals surface area contributed by atoms with E-state index in [4.69, 9.17) is 5.73 Å². The standard InChI is InChI=1S/C10H13F2N/c1-2-9(13)7-3-5-8(6-4-7)10(11)12/h3-6,9-10H,2,13H2,1H3/t9-/m0/s1. The predicted octanol–water partition coefficient (Wildman–Crippen LogP) is 3.03. The molecule has 3 heteroatoms. The van der Waals surface area contributed by atoms with Crippen LogP contribution in [0.3, 0.4) is 0 Å². The Bertz CT molecular complexity index is 256. The molecule has 1 atom stereocenters. The molecule has 1 nitrogen and oxygen atoms in total. The molecular weight excluding hydrogens is 172 g/mol. The molecule has 0 heterocycles. The maximum absolute atomic E-state index is 12.2. The van der Waals surface area contributed by atoms with Gasteiger partial charge in [0, 0.05) is 11.6 Å². The molecule has 0 saturated carbocycles. The lowest BCUT2D eigenvalue weighted by Crippen LogP contribution is -2.08. The first-order valence-corrected chi connectivity index (χ1v) is 4.28. The van der Waals surface area contributed by atoms with Crippen LogP contribution >= 0.6 is 0 Å². The lowest BCUT2D eigenvalue weighted by atomic mass is 10.0. The third-order valence-electron chi connectivity index (χ3n) is 2.06. The molecule has 13 heavy (non-hydrogen) atoms. The van der Waals surface area contributed by atoms with Gasteiger partial charge in [-0.3, -0.25) is 0 Å². The van der Waals surface area contributed by atoms with Crippen LogP contribution in [0, 0.1) is 0 Å². The molecule has 1 rings (SSSR count). The Morgan fingerprint density at radius 3 is 2.00 bits per heavy atom. The first-order valence-electron chi connectivity index (χ1n) is 4.28. The average molecular weight is 185 g/mol. The zero-order chi connectivity index (χ0) is 9.84. The lowest BCUT2D eigenvalue weighted by Gasteiger charge is -2.09. The van der Waals surface area contributed by atoms with Crippen molar-refractivity contribution in [2.75, 3.05) is 0 Å². The van der Waals surface area contributed by atoms with Crippen molar-refractivity contribution in [3.63, 3.8) is 0 Å². The Morgan fingerprint density at radius 2 is 1.62 bits per heavy atom. The normalized spacial score (nSPS) is 13.3. The first-order chi connectivity index (χ1) is 6.15. The highest BCUT2D eigenvalue weighted by Crippen LogP contribution is 2.21. The van der Waals surface area contributed by atoms with E-state index >= 15 is 0 Å². The van der Waals surface area contributed by atoms with Crippen LogP contribution < -0.4 is 5.73 Å². The molecule has 0 spiro atoms. The number of hydrogen-bond donors (Lipinski definition) is 1. The number of benzene rings is 1. The Kier molecular flexibility index (Phi) is 3.37. The second-order valence-electron chi connectivity index (χ2n) is 2.98. The zero-order valence-electron chi connectivity index (χ0n) is 7.50. The van der Waals surface area contributed by atoms with E-state index in [1.54, 1.807) is 12.1 Å². The van der Waals surface area contributed by atoms with E-state index in [-0.39, 0.29) is 11.6 Å². The van der Waals surface area contributed by atoms with Gasteiger partial charge in [0.25, 0.3) is 6.43 Å². The minimum atomic E-state index is -2.40. The van der Waals surface area contributed by atoms with Gasteiger partial charge in [-0.25, -0.2) is 8.78 Å². The van der Waals surface area contributed by atoms with Crippen molar-refractivity contribution in [3.8, 4) is 0 Å². The number of hydrogen-bond acceptors (Lipinski definition) is 1. The summed E-state index contributed by atoms with van der Waals surface area (Å²) in [5.74, 6) is 0. The second kappa shape index (κ2) is 4.33. The van der Waals surface area contributed by atoms with Crippen LogP contribution in [0.5, 0.6) is 0 Å². The molecule has 0 bridgehead atoms. The molecule has 0 amide bonds. The molecule has 0 unspecified atom stereocenters. The third kappa shape index (κ3) is 2.49. The van der Waals surface area contributed by atoms with Gasteiger partial charge in [0.05, 0.1) is 0 Å². The predicted molar refractivity (Wildman–Crippen MR) is 48.6 cm³/mol. The number of halogens is 2. The Hall–Kier alpha value is -0.960. The summed E-state index contributed by atoms with van der Waals surface area (Å²) in [5, 5.41) is 0. The molecule has 72 valence electrons. The van der Waals surface area contributed by atoms with Gasteiger partial charge in [-0.1, -0.05) is 31.2 Å². The smallest absolute Gasteiger partial charge is 0.263 e. The fraction of sp³-hybridized carbons (Fsp3) is 0.400. The minimum absolute atomic E-state index is 0.0482. The first kappa shape index (κ1) is 10.1. The molecule has 0 radical (unpaired) electrons. The summed E-state index contributed by atoms with van der Waals surface area (Å²) in [6, 6.07) is 6.13. The SMILES string of the molecule is CC[C@H](N)c1ccc(C(F)F)cc1. The summed E-state index contributed by atoms with van der Waals surface area (Å²) in [4.78, 5) is 0. The number of rotatable bonds is 3. The summed E-state index contributed by atoms with van der Waals surface area (Å²) in [5.41, 5.74) is 6.69. The fourth-order valence-electron chi connectivity index (χ4n) is 1.12. The highest BCUT2D eigenvalue weighted by atomic mass is 19.3. The zero-order valence-corrected chi connectivity index (χ0v) is 7.50. The molecule has 2 N–H and O–H groups in total. The minimum Gasteiger partial charge on any atom is -0.324 e. The van der Waals surface area contributed by atoms with E-state index in [1.165, 1.54) is 12.1 Å². The monoisotopic (exact) mass is 185 g/mol. The van der Waals surface area contributed by atoms with E-state index in [1.807, 2.05) is 6.92 Å². The molecule has 0 saturated heterocycles. The Balaban J connectivity index is 2.81. The van der Waals surface area contributed by atoms with E-state index in [2.05, 4.69) is 0 Å². The molecule has 1 aromatic rings. The molecule has 0 aliphatic carbocycles. The van der Waals surface area contributed by atoms with Gasteiger partial charge >= 0.3 is 0 Å². The van der Waals surface area contributed by atoms with Crippen LogP contribution in [-0.4, -0.2) is 0 Å². The highest BCUT2D eigenvalue weighted by molar-refractivity contribution is 5.25. The van der Waals surface area contributed by atoms with Crippen molar-refractivity contribution in [1.82, 2.24) is 0 Å². The summed E-state index contributed by atoms with van der Waals surface area (Å²) >= 11 is 0. The fourth-order valence-corrected chi connectivity index (χ4v) is 1.12. The lowest BCUT2D eigenvalue weighted by molar-refractivity contribution is 0.151. The van der Waals surface area contributed by atoms with Crippen molar-refractivity contribution in [1.29, 1.82) is 0 Å². The summed E-state index contributed by atoms with van der Waals surface area (Å²) in [6.07, 6.45) is -1.58. The van der Waals surface area contributed by atoms with Gasteiger partial charge in [-0.15, -0.1) is 0 Å². The van der Waals surface area contributed by atoms with Crippen LogP contribution in [0.25, 0.3) is 0 Å². The quantitative estimate of drug-likeness (QED) is 0.769. The Morgan fingerprint density at radius 1 is 1.15 bits per heavy atom. The van der Waals surface area contributed by atoms with Gasteiger partial charge in [-0.05, 0) is 12.0 Å². The van der Waals surface area contributed by atoms with Gasteiger partial charge in [0.2, 0.25) is 0 Å². The molecule has 0 aromatic heterocycles. The maximum atomic E-state index is 12.2. The molecule has 0 aliphatic heterocycles. The van der Waals surface area contributed by atoms with Crippen molar-refractivity contribution < 1.29 is 8.78 Å². The molecular formula is C10H13F2N. The van der Waals surface area contributed by atoms with Gasteiger partial charge in [0.1, 0.15) is 0 Å². The summed E-state index contributed by atoms with van der Waals surface area (Å²) in [6.45, 7) is 1.96. The molecule has 1 aromatic carbocycles. The number of nitrogens with two attached hydrogens (primary N) is 1. The van der Waals surface area contributed by atoms with E-state index < -0.39 is 6.43 Å². The van der Waals surface area contributed by atoms with Gasteiger partial charge in [0.15, 0.2) is 0 Å². The van der Waals surface area contributed by atoms with Gasteiger partial charge in [-0.2, -0.15) is 0 Å². The third-order valence-corrected chi connectivity index (χ3v) is 2.06. The van der Waals surface area contributed by atoms with E-state index in [9.17, 15) is 8.78 Å². The van der Waals surface area contributed by atoms with Crippen molar-refractivity contribution in [2.24, 2.45) is 5.73 Å². The van der Waals surface area contributed by atoms with Crippen LogP contribution in [0.4, 0.5) is 8.78 Å². The van der Waals surface area contributed by atoms with Crippen LogP contribution in [0.15, 0.2) is 24.3 Å². The van der Waals surface area contributed by atoms with E-state index in [0.717, 1.165) is 12.0 Å². The van der Waals surface area contributed by atoms with Crippen LogP contribution in [0.1, 0.15) is 36.9 Å². The van der Waals surface area contributed by atoms with Gasteiger partial charge < -0.3 is 5.73 Å². The van der Waals surface area contributed by atoms with Crippen molar-refractivity contribution in [2.45, 2.75) is 25.8 Å². The van der Waals surface area contributed by atoms with E-state index in [0.29, 0.717) is 0 Å². The Labute approximate surface area is 76.6 Å². The second-order valence-corrected chi connectivity index (χ2v) is 2.98. The topological polar surface area (TPSA) is 26.0 Å². The number of alkyl halides is 2. The maximum Gasteiger partial charge on any atom is 0.263 e. The summed E-state index contributed by atoms with van der Waals surface area (Å²) < 4.78 is 24.3. The molecule has 0 fully saturated rings. The molecule has 0 aliphatic rings. The largest absolute Gasteiger partial charge is 0.324 e. The van der Waals surface area contributed by atoms with Crippen molar-refractivity contribution in [3.05, 3.63) is 35.4 Å². The van der Waals surface area contributed by atoms with Crippen LogP contribution in [-0.2, 0) is 0 Å². The van der Waals surface area contributed by atoms with Crippen LogP contribution in [0.2, 0.25) is 0 Å². The highest BCUT2D eigenvalue weighted by Gasteiger charge is 2.07. The average Bonchev–Trinajstić information content (AvgIpc) is 2.17.